The zero-order valence-corrected chi connectivity index (χ0v) is 14.6. The van der Waals surface area contributed by atoms with Gasteiger partial charge in [0.05, 0.1) is 5.69 Å². The van der Waals surface area contributed by atoms with Crippen molar-refractivity contribution in [3.05, 3.63) is 18.2 Å². The molecule has 1 saturated heterocycles. The number of nitrogens with zero attached hydrogens (tertiary/aromatic N) is 3. The van der Waals surface area contributed by atoms with E-state index in [1.807, 2.05) is 12.1 Å². The maximum atomic E-state index is 12.0. The largest absolute Gasteiger partial charge is 0.444 e. The monoisotopic (exact) mass is 332 g/mol. The molecule has 0 unspecified atom stereocenters. The van der Waals surface area contributed by atoms with E-state index < -0.39 is 11.7 Å². The molecule has 0 aromatic heterocycles. The highest BCUT2D eigenvalue weighted by Gasteiger charge is 2.19. The molecule has 0 saturated carbocycles. The highest BCUT2D eigenvalue weighted by molar-refractivity contribution is 5.90. The van der Waals surface area contributed by atoms with Crippen LogP contribution in [-0.2, 0) is 9.53 Å². The van der Waals surface area contributed by atoms with Gasteiger partial charge in [-0.15, -0.1) is 0 Å². The smallest absolute Gasteiger partial charge is 0.412 e. The molecule has 1 amide bonds. The molecular weight excluding hydrogens is 308 g/mol. The normalized spacial score (nSPS) is 15.6. The number of isocyanates is 1. The first-order valence-corrected chi connectivity index (χ1v) is 7.94. The van der Waals surface area contributed by atoms with Gasteiger partial charge in [0.1, 0.15) is 11.3 Å². The van der Waals surface area contributed by atoms with Gasteiger partial charge >= 0.3 is 6.09 Å². The fraction of sp³-hybridized carbons (Fsp3) is 0.529. The number of carbonyl (C=O) groups excluding carboxylic acids is 2. The van der Waals surface area contributed by atoms with Crippen LogP contribution in [0.25, 0.3) is 0 Å². The number of rotatable bonds is 3. The number of benzene rings is 1. The highest BCUT2D eigenvalue weighted by Crippen LogP contribution is 2.30. The van der Waals surface area contributed by atoms with Crippen LogP contribution < -0.4 is 10.2 Å². The second-order valence-electron chi connectivity index (χ2n) is 6.82. The topological polar surface area (TPSA) is 74.2 Å². The van der Waals surface area contributed by atoms with Crippen LogP contribution in [0.15, 0.2) is 23.2 Å². The molecule has 1 aliphatic rings. The van der Waals surface area contributed by atoms with Crippen molar-refractivity contribution in [2.24, 2.45) is 4.99 Å². The van der Waals surface area contributed by atoms with E-state index in [0.717, 1.165) is 31.9 Å². The first-order valence-electron chi connectivity index (χ1n) is 7.94. The van der Waals surface area contributed by atoms with Crippen LogP contribution in [-0.4, -0.2) is 55.9 Å². The molecular formula is C17H24N4O3. The van der Waals surface area contributed by atoms with Crippen LogP contribution in [0.1, 0.15) is 20.8 Å². The van der Waals surface area contributed by atoms with E-state index in [2.05, 4.69) is 27.2 Å². The van der Waals surface area contributed by atoms with Gasteiger partial charge in [0.25, 0.3) is 0 Å². The Bertz CT molecular complexity index is 640. The van der Waals surface area contributed by atoms with Crippen LogP contribution in [0.4, 0.5) is 21.9 Å². The number of nitrogens with one attached hydrogen (secondary N) is 1. The van der Waals surface area contributed by atoms with Crippen molar-refractivity contribution in [1.82, 2.24) is 4.90 Å². The summed E-state index contributed by atoms with van der Waals surface area (Å²) in [6.07, 6.45) is 0.930. The number of anilines is 2. The van der Waals surface area contributed by atoms with Crippen molar-refractivity contribution in [3.8, 4) is 0 Å². The summed E-state index contributed by atoms with van der Waals surface area (Å²) in [7, 11) is 2.09. The molecule has 0 radical (unpaired) electrons. The molecule has 7 heteroatoms. The van der Waals surface area contributed by atoms with Gasteiger partial charge in [-0.2, -0.15) is 4.99 Å². The minimum Gasteiger partial charge on any atom is -0.444 e. The third-order valence-electron chi connectivity index (χ3n) is 3.65. The van der Waals surface area contributed by atoms with Gasteiger partial charge in [0, 0.05) is 31.9 Å². The number of amides is 1. The molecule has 130 valence electrons. The fourth-order valence-electron chi connectivity index (χ4n) is 2.45. The summed E-state index contributed by atoms with van der Waals surface area (Å²) in [4.78, 5) is 30.8. The fourth-order valence-corrected chi connectivity index (χ4v) is 2.45. The van der Waals surface area contributed by atoms with E-state index in [1.165, 1.54) is 6.08 Å². The van der Waals surface area contributed by atoms with E-state index in [4.69, 9.17) is 4.74 Å². The Labute approximate surface area is 142 Å². The number of hydrogen-bond donors (Lipinski definition) is 1. The Morgan fingerprint density at radius 2 is 1.92 bits per heavy atom. The van der Waals surface area contributed by atoms with E-state index >= 15 is 0 Å². The average molecular weight is 332 g/mol. The third kappa shape index (κ3) is 5.08. The Balaban J connectivity index is 2.21. The average Bonchev–Trinajstić information content (AvgIpc) is 2.48. The number of ether oxygens (including phenoxy) is 1. The van der Waals surface area contributed by atoms with Crippen LogP contribution in [0.5, 0.6) is 0 Å². The summed E-state index contributed by atoms with van der Waals surface area (Å²) in [5.41, 5.74) is 1.16. The summed E-state index contributed by atoms with van der Waals surface area (Å²) >= 11 is 0. The number of likely N-dealkylation sites (N-methyl/N-ethyl adjacent to an activating group) is 1. The first-order chi connectivity index (χ1) is 11.3. The lowest BCUT2D eigenvalue weighted by Crippen LogP contribution is -2.44. The van der Waals surface area contributed by atoms with Gasteiger partial charge < -0.3 is 14.5 Å². The Hall–Kier alpha value is -2.37. The van der Waals surface area contributed by atoms with Crippen molar-refractivity contribution in [2.45, 2.75) is 26.4 Å². The summed E-state index contributed by atoms with van der Waals surface area (Å²) in [5, 5.41) is 2.67. The van der Waals surface area contributed by atoms with Crippen molar-refractivity contribution < 1.29 is 14.3 Å². The van der Waals surface area contributed by atoms with Gasteiger partial charge in [-0.05, 0) is 46.0 Å². The summed E-state index contributed by atoms with van der Waals surface area (Å²) in [5.74, 6) is 0. The Morgan fingerprint density at radius 1 is 1.25 bits per heavy atom. The van der Waals surface area contributed by atoms with Crippen molar-refractivity contribution in [1.29, 1.82) is 0 Å². The van der Waals surface area contributed by atoms with Crippen LogP contribution in [0.3, 0.4) is 0 Å². The van der Waals surface area contributed by atoms with Crippen LogP contribution in [0, 0.1) is 0 Å². The van der Waals surface area contributed by atoms with E-state index in [-0.39, 0.29) is 0 Å². The lowest BCUT2D eigenvalue weighted by molar-refractivity contribution is 0.0636. The van der Waals surface area contributed by atoms with Gasteiger partial charge in [-0.3, -0.25) is 5.32 Å². The van der Waals surface area contributed by atoms with Crippen molar-refractivity contribution >= 4 is 29.2 Å². The molecule has 0 atom stereocenters. The number of aliphatic imine (C=N–C) groups is 1. The predicted octanol–water partition coefficient (Wildman–Crippen LogP) is 2.75. The van der Waals surface area contributed by atoms with E-state index in [0.29, 0.717) is 11.4 Å². The molecule has 0 aliphatic carbocycles. The maximum absolute atomic E-state index is 12.0. The Kier molecular flexibility index (Phi) is 5.59. The molecule has 0 bridgehead atoms. The summed E-state index contributed by atoms with van der Waals surface area (Å²) in [6.45, 7) is 9.12. The molecule has 1 N–H and O–H groups in total. The molecule has 1 fully saturated rings. The molecule has 0 spiro atoms. The van der Waals surface area contributed by atoms with Crippen molar-refractivity contribution in [3.63, 3.8) is 0 Å². The maximum Gasteiger partial charge on any atom is 0.412 e. The first kappa shape index (κ1) is 18.0. The van der Waals surface area contributed by atoms with Gasteiger partial charge in [0.2, 0.25) is 6.08 Å². The Morgan fingerprint density at radius 3 is 2.50 bits per heavy atom. The lowest BCUT2D eigenvalue weighted by Gasteiger charge is -2.34. The minimum absolute atomic E-state index is 0.355. The molecule has 1 aromatic carbocycles. The van der Waals surface area contributed by atoms with E-state index in [9.17, 15) is 9.59 Å². The number of piperazine rings is 1. The molecule has 7 nitrogen and oxygen atoms in total. The van der Waals surface area contributed by atoms with Gasteiger partial charge in [-0.1, -0.05) is 0 Å². The van der Waals surface area contributed by atoms with Crippen LogP contribution in [0.2, 0.25) is 0 Å². The van der Waals surface area contributed by atoms with Gasteiger partial charge in [-0.25, -0.2) is 9.59 Å². The number of carbonyl (C=O) groups is 1. The molecule has 2 rings (SSSR count). The zero-order chi connectivity index (χ0) is 17.7. The van der Waals surface area contributed by atoms with Gasteiger partial charge in [0.15, 0.2) is 0 Å². The number of hydrogen-bond acceptors (Lipinski definition) is 6. The standard InChI is InChI=1S/C17H24N4O3/c1-17(2,3)24-16(23)19-15-11-13(5-6-14(15)18-12-22)21-9-7-20(4)8-10-21/h5-6,11H,7-10H2,1-4H3,(H,19,23). The second-order valence-corrected chi connectivity index (χ2v) is 6.82. The van der Waals surface area contributed by atoms with Crippen LogP contribution >= 0.6 is 0 Å². The summed E-state index contributed by atoms with van der Waals surface area (Å²) < 4.78 is 5.26. The minimum atomic E-state index is -0.604. The zero-order valence-electron chi connectivity index (χ0n) is 14.6. The van der Waals surface area contributed by atoms with Crippen molar-refractivity contribution in [2.75, 3.05) is 43.4 Å². The quantitative estimate of drug-likeness (QED) is 0.680. The summed E-state index contributed by atoms with van der Waals surface area (Å²) in [6, 6.07) is 5.40. The lowest BCUT2D eigenvalue weighted by atomic mass is 10.2. The molecule has 1 aromatic rings. The third-order valence-corrected chi connectivity index (χ3v) is 3.65. The van der Waals surface area contributed by atoms with E-state index in [1.54, 1.807) is 26.8 Å². The highest BCUT2D eigenvalue weighted by atomic mass is 16.6. The molecule has 1 heterocycles. The molecule has 24 heavy (non-hydrogen) atoms. The second kappa shape index (κ2) is 7.47. The predicted molar refractivity (Wildman–Crippen MR) is 93.8 cm³/mol. The SMILES string of the molecule is CN1CCN(c2ccc(N=C=O)c(NC(=O)OC(C)(C)C)c2)CC1. The molecule has 1 aliphatic heterocycles.